The van der Waals surface area contributed by atoms with Gasteiger partial charge in [-0.25, -0.2) is 4.98 Å². The summed E-state index contributed by atoms with van der Waals surface area (Å²) in [5.41, 5.74) is 1.27. The topological polar surface area (TPSA) is 91.8 Å². The van der Waals surface area contributed by atoms with Crippen LogP contribution < -0.4 is 5.32 Å². The molecule has 7 heteroatoms. The molecule has 0 radical (unpaired) electrons. The lowest BCUT2D eigenvalue weighted by Gasteiger charge is -2.06. The number of hydrogen-bond donors (Lipinski definition) is 1. The van der Waals surface area contributed by atoms with E-state index >= 15 is 0 Å². The van der Waals surface area contributed by atoms with Crippen LogP contribution in [-0.2, 0) is 6.54 Å². The lowest BCUT2D eigenvalue weighted by atomic mass is 10.1. The van der Waals surface area contributed by atoms with Crippen LogP contribution in [0.2, 0.25) is 5.02 Å². The fraction of sp³-hybridized carbons (Fsp3) is 0.0769. The molecule has 0 saturated heterocycles. The molecule has 2 rings (SSSR count). The first kappa shape index (κ1) is 13.8. The third-order valence-corrected chi connectivity index (χ3v) is 2.78. The van der Waals surface area contributed by atoms with Crippen molar-refractivity contribution in [2.24, 2.45) is 0 Å². The Bertz CT molecular complexity index is 680. The normalized spacial score (nSPS) is 9.80. The zero-order valence-corrected chi connectivity index (χ0v) is 11.0. The summed E-state index contributed by atoms with van der Waals surface area (Å²) in [6.45, 7) is 0.362. The van der Waals surface area contributed by atoms with Gasteiger partial charge in [0, 0.05) is 18.8 Å². The van der Waals surface area contributed by atoms with E-state index < -0.39 is 4.92 Å². The van der Waals surface area contributed by atoms with E-state index in [4.69, 9.17) is 16.9 Å². The summed E-state index contributed by atoms with van der Waals surface area (Å²) in [5, 5.41) is 22.7. The molecule has 0 saturated carbocycles. The maximum Gasteiger partial charge on any atom is 0.312 e. The fourth-order valence-electron chi connectivity index (χ4n) is 1.59. The summed E-state index contributed by atoms with van der Waals surface area (Å²) in [4.78, 5) is 14.3. The Kier molecular flexibility index (Phi) is 4.13. The number of hydrogen-bond acceptors (Lipinski definition) is 5. The molecule has 0 aliphatic heterocycles. The van der Waals surface area contributed by atoms with Crippen molar-refractivity contribution in [3.8, 4) is 6.07 Å². The first-order valence-corrected chi connectivity index (χ1v) is 6.01. The number of rotatable bonds is 4. The number of nitrogens with one attached hydrogen (secondary N) is 1. The zero-order chi connectivity index (χ0) is 14.5. The highest BCUT2D eigenvalue weighted by Gasteiger charge is 2.15. The molecule has 0 aliphatic rings. The monoisotopic (exact) mass is 288 g/mol. The van der Waals surface area contributed by atoms with E-state index in [-0.39, 0.29) is 16.5 Å². The Hall–Kier alpha value is -2.65. The van der Waals surface area contributed by atoms with Crippen LogP contribution in [0.5, 0.6) is 0 Å². The van der Waals surface area contributed by atoms with Crippen LogP contribution in [-0.4, -0.2) is 9.91 Å². The molecule has 0 amide bonds. The molecule has 1 aromatic heterocycles. The molecule has 0 bridgehead atoms. The Balaban J connectivity index is 2.14. The third kappa shape index (κ3) is 3.22. The number of aromatic nitrogens is 1. The van der Waals surface area contributed by atoms with E-state index in [0.717, 1.165) is 5.56 Å². The van der Waals surface area contributed by atoms with Crippen molar-refractivity contribution in [2.45, 2.75) is 6.54 Å². The van der Waals surface area contributed by atoms with Gasteiger partial charge >= 0.3 is 5.69 Å². The number of benzene rings is 1. The predicted octanol–water partition coefficient (Wildman–Crippen LogP) is 3.13. The maximum absolute atomic E-state index is 10.9. The summed E-state index contributed by atoms with van der Waals surface area (Å²) in [5.74, 6) is 0.156. The number of nitro groups is 1. The van der Waals surface area contributed by atoms with Crippen molar-refractivity contribution >= 4 is 23.1 Å². The van der Waals surface area contributed by atoms with Gasteiger partial charge in [-0.1, -0.05) is 23.7 Å². The molecule has 1 N–H and O–H groups in total. The molecule has 0 unspecified atom stereocenters. The molecule has 0 atom stereocenters. The summed E-state index contributed by atoms with van der Waals surface area (Å²) in [6, 6.07) is 10.2. The average molecular weight is 289 g/mol. The Morgan fingerprint density at radius 3 is 2.70 bits per heavy atom. The minimum Gasteiger partial charge on any atom is -0.360 e. The predicted molar refractivity (Wildman–Crippen MR) is 74.4 cm³/mol. The average Bonchev–Trinajstić information content (AvgIpc) is 2.46. The second-order valence-electron chi connectivity index (χ2n) is 3.94. The van der Waals surface area contributed by atoms with Crippen molar-refractivity contribution in [1.82, 2.24) is 4.98 Å². The minimum absolute atomic E-state index is 0.156. The lowest BCUT2D eigenvalue weighted by Crippen LogP contribution is -2.04. The molecule has 20 heavy (non-hydrogen) atoms. The van der Waals surface area contributed by atoms with E-state index in [2.05, 4.69) is 10.3 Å². The summed E-state index contributed by atoms with van der Waals surface area (Å²) in [6.07, 6.45) is 1.34. The molecule has 6 nitrogen and oxygen atoms in total. The van der Waals surface area contributed by atoms with Crippen molar-refractivity contribution < 1.29 is 4.92 Å². The van der Waals surface area contributed by atoms with Gasteiger partial charge in [-0.2, -0.15) is 5.26 Å². The highest BCUT2D eigenvalue weighted by molar-refractivity contribution is 6.30. The molecular weight excluding hydrogens is 280 g/mol. The molecule has 0 fully saturated rings. The van der Waals surface area contributed by atoms with Gasteiger partial charge in [-0.05, 0) is 17.7 Å². The van der Waals surface area contributed by atoms with Gasteiger partial charge in [-0.15, -0.1) is 0 Å². The standard InChI is InChI=1S/C13H9ClN4O2/c14-11-5-12(18(19)20)13(17-8-11)16-7-10-3-1-9(6-15)2-4-10/h1-5,8H,7H2,(H,16,17). The summed E-state index contributed by atoms with van der Waals surface area (Å²) < 4.78 is 0. The highest BCUT2D eigenvalue weighted by Crippen LogP contribution is 2.25. The van der Waals surface area contributed by atoms with E-state index in [0.29, 0.717) is 12.1 Å². The van der Waals surface area contributed by atoms with Gasteiger partial charge in [0.2, 0.25) is 5.82 Å². The van der Waals surface area contributed by atoms with Crippen LogP contribution in [0.3, 0.4) is 0 Å². The van der Waals surface area contributed by atoms with E-state index in [1.807, 2.05) is 6.07 Å². The quantitative estimate of drug-likeness (QED) is 0.689. The van der Waals surface area contributed by atoms with Crippen LogP contribution >= 0.6 is 11.6 Å². The van der Waals surface area contributed by atoms with Gasteiger partial charge in [-0.3, -0.25) is 10.1 Å². The van der Waals surface area contributed by atoms with Crippen molar-refractivity contribution in [1.29, 1.82) is 5.26 Å². The largest absolute Gasteiger partial charge is 0.360 e. The number of pyridine rings is 1. The maximum atomic E-state index is 10.9. The second-order valence-corrected chi connectivity index (χ2v) is 4.38. The van der Waals surface area contributed by atoms with Gasteiger partial charge in [0.1, 0.15) is 0 Å². The summed E-state index contributed by atoms with van der Waals surface area (Å²) in [7, 11) is 0. The molecule has 1 heterocycles. The molecule has 2 aromatic rings. The Labute approximate surface area is 119 Å². The SMILES string of the molecule is N#Cc1ccc(CNc2ncc(Cl)cc2[N+](=O)[O-])cc1. The Morgan fingerprint density at radius 1 is 1.40 bits per heavy atom. The lowest BCUT2D eigenvalue weighted by molar-refractivity contribution is -0.384. The third-order valence-electron chi connectivity index (χ3n) is 2.57. The second kappa shape index (κ2) is 5.99. The molecule has 1 aromatic carbocycles. The van der Waals surface area contributed by atoms with Gasteiger partial charge in [0.25, 0.3) is 0 Å². The van der Waals surface area contributed by atoms with Gasteiger partial charge < -0.3 is 5.32 Å². The van der Waals surface area contributed by atoms with E-state index in [1.54, 1.807) is 24.3 Å². The van der Waals surface area contributed by atoms with Crippen LogP contribution in [0.25, 0.3) is 0 Å². The van der Waals surface area contributed by atoms with E-state index in [9.17, 15) is 10.1 Å². The smallest absolute Gasteiger partial charge is 0.312 e. The van der Waals surface area contributed by atoms with Crippen molar-refractivity contribution in [3.63, 3.8) is 0 Å². The minimum atomic E-state index is -0.542. The van der Waals surface area contributed by atoms with Gasteiger partial charge in [0.05, 0.1) is 21.6 Å². The number of anilines is 1. The van der Waals surface area contributed by atoms with Crippen LogP contribution in [0.1, 0.15) is 11.1 Å². The molecular formula is C13H9ClN4O2. The van der Waals surface area contributed by atoms with Crippen LogP contribution in [0.4, 0.5) is 11.5 Å². The van der Waals surface area contributed by atoms with Crippen molar-refractivity contribution in [3.05, 3.63) is 62.8 Å². The number of nitrogens with zero attached hydrogens (tertiary/aromatic N) is 3. The van der Waals surface area contributed by atoms with Crippen LogP contribution in [0, 0.1) is 21.4 Å². The van der Waals surface area contributed by atoms with E-state index in [1.165, 1.54) is 12.3 Å². The number of halogens is 1. The molecule has 0 aliphatic carbocycles. The van der Waals surface area contributed by atoms with Crippen molar-refractivity contribution in [2.75, 3.05) is 5.32 Å². The fourth-order valence-corrected chi connectivity index (χ4v) is 1.74. The Morgan fingerprint density at radius 2 is 2.10 bits per heavy atom. The zero-order valence-electron chi connectivity index (χ0n) is 10.2. The highest BCUT2D eigenvalue weighted by atomic mass is 35.5. The first-order valence-electron chi connectivity index (χ1n) is 5.63. The summed E-state index contributed by atoms with van der Waals surface area (Å²) >= 11 is 5.69. The number of nitriles is 1. The first-order chi connectivity index (χ1) is 9.60. The molecule has 100 valence electrons. The van der Waals surface area contributed by atoms with Gasteiger partial charge in [0.15, 0.2) is 0 Å². The molecule has 0 spiro atoms. The van der Waals surface area contributed by atoms with Crippen LogP contribution in [0.15, 0.2) is 36.5 Å².